The van der Waals surface area contributed by atoms with E-state index in [2.05, 4.69) is 31.5 Å². The molecule has 0 bridgehead atoms. The van der Waals surface area contributed by atoms with Crippen LogP contribution in [0, 0.1) is 5.92 Å². The van der Waals surface area contributed by atoms with Crippen LogP contribution in [0.2, 0.25) is 0 Å². The van der Waals surface area contributed by atoms with Gasteiger partial charge in [0, 0.05) is 6.04 Å². The summed E-state index contributed by atoms with van der Waals surface area (Å²) in [5.74, 6) is 5.87. The van der Waals surface area contributed by atoms with Gasteiger partial charge in [0.2, 0.25) is 0 Å². The molecule has 0 radical (unpaired) electrons. The molecular formula is C8H19N3S. The molecule has 1 unspecified atom stereocenters. The van der Waals surface area contributed by atoms with Gasteiger partial charge < -0.3 is 10.7 Å². The minimum atomic E-state index is 0.399. The van der Waals surface area contributed by atoms with E-state index in [4.69, 9.17) is 18.1 Å². The first-order chi connectivity index (χ1) is 5.56. The number of hydrazine groups is 1. The van der Waals surface area contributed by atoms with Crippen LogP contribution in [0.3, 0.4) is 0 Å². The van der Waals surface area contributed by atoms with Crippen LogP contribution in [-0.2, 0) is 0 Å². The zero-order valence-corrected chi connectivity index (χ0v) is 8.87. The first-order valence-electron chi connectivity index (χ1n) is 4.33. The molecule has 3 nitrogen and oxygen atoms in total. The van der Waals surface area contributed by atoms with Gasteiger partial charge in [0.1, 0.15) is 0 Å². The molecule has 0 amide bonds. The van der Waals surface area contributed by atoms with Crippen molar-refractivity contribution in [3.05, 3.63) is 0 Å². The molecule has 72 valence electrons. The predicted octanol–water partition coefficient (Wildman–Crippen LogP) is 1.15. The summed E-state index contributed by atoms with van der Waals surface area (Å²) in [5, 5.41) is 3.60. The van der Waals surface area contributed by atoms with Gasteiger partial charge in [-0.1, -0.05) is 13.8 Å². The summed E-state index contributed by atoms with van der Waals surface area (Å²) in [7, 11) is 0. The molecule has 0 aliphatic heterocycles. The lowest BCUT2D eigenvalue weighted by molar-refractivity contribution is 0.491. The van der Waals surface area contributed by atoms with Crippen molar-refractivity contribution in [1.82, 2.24) is 10.7 Å². The monoisotopic (exact) mass is 189 g/mol. The first kappa shape index (κ1) is 11.6. The van der Waals surface area contributed by atoms with Crippen molar-refractivity contribution in [2.24, 2.45) is 11.8 Å². The fourth-order valence-corrected chi connectivity index (χ4v) is 1.12. The number of hydrogen-bond donors (Lipinski definition) is 3. The van der Waals surface area contributed by atoms with Gasteiger partial charge in [-0.3, -0.25) is 0 Å². The molecule has 0 aromatic rings. The van der Waals surface area contributed by atoms with E-state index in [0.717, 1.165) is 12.3 Å². The minimum Gasteiger partial charge on any atom is -0.359 e. The number of hydrogen-bond acceptors (Lipinski definition) is 2. The molecule has 4 N–H and O–H groups in total. The first-order valence-corrected chi connectivity index (χ1v) is 4.74. The molecule has 0 aliphatic rings. The van der Waals surface area contributed by atoms with Crippen molar-refractivity contribution in [2.75, 3.05) is 0 Å². The second-order valence-electron chi connectivity index (χ2n) is 3.49. The fourth-order valence-electron chi connectivity index (χ4n) is 0.921. The molecule has 0 rings (SSSR count). The fraction of sp³-hybridized carbons (Fsp3) is 0.875. The Morgan fingerprint density at radius 1 is 1.33 bits per heavy atom. The summed E-state index contributed by atoms with van der Waals surface area (Å²) in [4.78, 5) is 0. The van der Waals surface area contributed by atoms with E-state index in [0.29, 0.717) is 11.2 Å². The maximum atomic E-state index is 5.12. The third kappa shape index (κ3) is 6.37. The normalized spacial score (nSPS) is 12.8. The van der Waals surface area contributed by atoms with E-state index >= 15 is 0 Å². The largest absolute Gasteiger partial charge is 0.359 e. The Balaban J connectivity index is 3.45. The van der Waals surface area contributed by atoms with Crippen molar-refractivity contribution in [3.8, 4) is 0 Å². The Morgan fingerprint density at radius 2 is 1.92 bits per heavy atom. The van der Waals surface area contributed by atoms with Crippen molar-refractivity contribution in [2.45, 2.75) is 39.7 Å². The van der Waals surface area contributed by atoms with E-state index in [1.807, 2.05) is 0 Å². The third-order valence-corrected chi connectivity index (χ3v) is 1.92. The van der Waals surface area contributed by atoms with E-state index < -0.39 is 0 Å². The summed E-state index contributed by atoms with van der Waals surface area (Å²) < 4.78 is 0. The Kier molecular flexibility index (Phi) is 6.02. The Morgan fingerprint density at radius 3 is 2.33 bits per heavy atom. The van der Waals surface area contributed by atoms with Crippen LogP contribution in [0.4, 0.5) is 0 Å². The number of rotatable bonds is 4. The van der Waals surface area contributed by atoms with Crippen LogP contribution >= 0.6 is 12.2 Å². The Bertz CT molecular complexity index is 136. The van der Waals surface area contributed by atoms with Gasteiger partial charge in [-0.05, 0) is 37.9 Å². The quantitative estimate of drug-likeness (QED) is 0.353. The molecule has 0 spiro atoms. The highest BCUT2D eigenvalue weighted by molar-refractivity contribution is 7.80. The van der Waals surface area contributed by atoms with Gasteiger partial charge in [-0.2, -0.15) is 0 Å². The van der Waals surface area contributed by atoms with Crippen molar-refractivity contribution < 1.29 is 0 Å². The van der Waals surface area contributed by atoms with Gasteiger partial charge in [-0.15, -0.1) is 0 Å². The number of thiocarbonyl (C=S) groups is 1. The Labute approximate surface area is 80.1 Å². The lowest BCUT2D eigenvalue weighted by Crippen LogP contribution is -2.43. The van der Waals surface area contributed by atoms with Crippen LogP contribution in [-0.4, -0.2) is 11.2 Å². The predicted molar refractivity (Wildman–Crippen MR) is 56.6 cm³/mol. The SMILES string of the molecule is CC(C)CCC(C)NC(=S)NN. The molecule has 0 aliphatic carbocycles. The highest BCUT2D eigenvalue weighted by atomic mass is 32.1. The van der Waals surface area contributed by atoms with Gasteiger partial charge in [-0.25, -0.2) is 5.84 Å². The van der Waals surface area contributed by atoms with Crippen LogP contribution in [0.5, 0.6) is 0 Å². The van der Waals surface area contributed by atoms with Crippen molar-refractivity contribution in [3.63, 3.8) is 0 Å². The highest BCUT2D eigenvalue weighted by Gasteiger charge is 2.03. The summed E-state index contributed by atoms with van der Waals surface area (Å²) in [6, 6.07) is 0.399. The molecule has 0 saturated heterocycles. The zero-order chi connectivity index (χ0) is 9.56. The molecule has 4 heteroatoms. The second-order valence-corrected chi connectivity index (χ2v) is 3.90. The summed E-state index contributed by atoms with van der Waals surface area (Å²) in [6.45, 7) is 6.53. The molecule has 1 atom stereocenters. The number of nitrogens with one attached hydrogen (secondary N) is 2. The average molecular weight is 189 g/mol. The molecule has 0 fully saturated rings. The van der Waals surface area contributed by atoms with E-state index in [-0.39, 0.29) is 0 Å². The van der Waals surface area contributed by atoms with Gasteiger partial charge in [0.25, 0.3) is 0 Å². The average Bonchev–Trinajstić information content (AvgIpc) is 2.00. The van der Waals surface area contributed by atoms with Crippen LogP contribution in [0.25, 0.3) is 0 Å². The maximum absolute atomic E-state index is 5.12. The lowest BCUT2D eigenvalue weighted by Gasteiger charge is -2.15. The van der Waals surface area contributed by atoms with Gasteiger partial charge in [0.15, 0.2) is 5.11 Å². The standard InChI is InChI=1S/C8H19N3S/c1-6(2)4-5-7(3)10-8(12)11-9/h6-7H,4-5,9H2,1-3H3,(H2,10,11,12). The lowest BCUT2D eigenvalue weighted by atomic mass is 10.0. The highest BCUT2D eigenvalue weighted by Crippen LogP contribution is 2.05. The molecule has 12 heavy (non-hydrogen) atoms. The van der Waals surface area contributed by atoms with E-state index in [1.54, 1.807) is 0 Å². The molecule has 0 heterocycles. The summed E-state index contributed by atoms with van der Waals surface area (Å²) in [6.07, 6.45) is 2.33. The van der Waals surface area contributed by atoms with Crippen LogP contribution in [0.1, 0.15) is 33.6 Å². The van der Waals surface area contributed by atoms with Gasteiger partial charge in [0.05, 0.1) is 0 Å². The smallest absolute Gasteiger partial charge is 0.180 e. The molecular weight excluding hydrogens is 170 g/mol. The molecule has 0 aromatic heterocycles. The maximum Gasteiger partial charge on any atom is 0.180 e. The Hall–Kier alpha value is -0.350. The van der Waals surface area contributed by atoms with Crippen LogP contribution < -0.4 is 16.6 Å². The summed E-state index contributed by atoms with van der Waals surface area (Å²) >= 11 is 4.86. The van der Waals surface area contributed by atoms with E-state index in [9.17, 15) is 0 Å². The minimum absolute atomic E-state index is 0.399. The third-order valence-electron chi connectivity index (χ3n) is 1.69. The molecule has 0 saturated carbocycles. The topological polar surface area (TPSA) is 50.1 Å². The van der Waals surface area contributed by atoms with Gasteiger partial charge >= 0.3 is 0 Å². The van der Waals surface area contributed by atoms with Crippen molar-refractivity contribution >= 4 is 17.3 Å². The zero-order valence-electron chi connectivity index (χ0n) is 8.05. The molecule has 0 aromatic carbocycles. The second kappa shape index (κ2) is 6.20. The number of nitrogens with two attached hydrogens (primary N) is 1. The van der Waals surface area contributed by atoms with Crippen molar-refractivity contribution in [1.29, 1.82) is 0 Å². The summed E-state index contributed by atoms with van der Waals surface area (Å²) in [5.41, 5.74) is 2.40. The van der Waals surface area contributed by atoms with Crippen LogP contribution in [0.15, 0.2) is 0 Å². The van der Waals surface area contributed by atoms with E-state index in [1.165, 1.54) is 6.42 Å².